The first-order valence-corrected chi connectivity index (χ1v) is 10.3. The summed E-state index contributed by atoms with van der Waals surface area (Å²) in [5.41, 5.74) is 2.03. The van der Waals surface area contributed by atoms with Gasteiger partial charge in [-0.15, -0.1) is 24.0 Å². The van der Waals surface area contributed by atoms with Crippen LogP contribution in [0.2, 0.25) is 0 Å². The Labute approximate surface area is 190 Å². The van der Waals surface area contributed by atoms with Gasteiger partial charge in [0.25, 0.3) is 0 Å². The van der Waals surface area contributed by atoms with Crippen LogP contribution in [0.25, 0.3) is 0 Å². The van der Waals surface area contributed by atoms with Crippen LogP contribution in [0, 0.1) is 0 Å². The number of guanidine groups is 1. The lowest BCUT2D eigenvalue weighted by Gasteiger charge is -2.23. The molecule has 0 saturated carbocycles. The van der Waals surface area contributed by atoms with E-state index < -0.39 is 10.0 Å². The van der Waals surface area contributed by atoms with Crippen LogP contribution in [0.5, 0.6) is 5.75 Å². The van der Waals surface area contributed by atoms with Crippen molar-refractivity contribution in [2.75, 3.05) is 35.3 Å². The van der Waals surface area contributed by atoms with Gasteiger partial charge in [0.15, 0.2) is 5.96 Å². The van der Waals surface area contributed by atoms with E-state index >= 15 is 0 Å². The second-order valence-corrected chi connectivity index (χ2v) is 8.65. The first kappa shape index (κ1) is 25.2. The standard InChI is InChI=1S/C20H28N4O3S.HI/c1-21-20(24(4)15-17-8-6-7-9-19(17)27-5)22-14-16-10-12-18(13-11-16)28(25,26)23(2)3;/h6-13H,14-15H2,1-5H3,(H,21,22);1H. The Hall–Kier alpha value is -1.85. The summed E-state index contributed by atoms with van der Waals surface area (Å²) in [6.07, 6.45) is 0. The number of sulfonamides is 1. The molecule has 0 bridgehead atoms. The zero-order valence-corrected chi connectivity index (χ0v) is 20.6. The maximum absolute atomic E-state index is 12.1. The van der Waals surface area contributed by atoms with Crippen LogP contribution in [-0.2, 0) is 23.1 Å². The number of nitrogens with zero attached hydrogens (tertiary/aromatic N) is 3. The van der Waals surface area contributed by atoms with Crippen molar-refractivity contribution < 1.29 is 13.2 Å². The number of ether oxygens (including phenoxy) is 1. The van der Waals surface area contributed by atoms with Crippen molar-refractivity contribution in [1.82, 2.24) is 14.5 Å². The second-order valence-electron chi connectivity index (χ2n) is 6.50. The highest BCUT2D eigenvalue weighted by Gasteiger charge is 2.16. The summed E-state index contributed by atoms with van der Waals surface area (Å²) in [6.45, 7) is 1.18. The monoisotopic (exact) mass is 532 g/mol. The highest BCUT2D eigenvalue weighted by atomic mass is 127. The third-order valence-electron chi connectivity index (χ3n) is 4.33. The van der Waals surface area contributed by atoms with Gasteiger partial charge in [0.05, 0.1) is 12.0 Å². The van der Waals surface area contributed by atoms with Gasteiger partial charge >= 0.3 is 0 Å². The molecule has 0 aliphatic carbocycles. The number of hydrogen-bond acceptors (Lipinski definition) is 4. The van der Waals surface area contributed by atoms with E-state index in [0.717, 1.165) is 22.8 Å². The number of para-hydroxylation sites is 1. The zero-order valence-electron chi connectivity index (χ0n) is 17.4. The van der Waals surface area contributed by atoms with Gasteiger partial charge < -0.3 is 15.0 Å². The molecule has 0 spiro atoms. The highest BCUT2D eigenvalue weighted by molar-refractivity contribution is 14.0. The Morgan fingerprint density at radius 2 is 1.69 bits per heavy atom. The van der Waals surface area contributed by atoms with Gasteiger partial charge in [-0.1, -0.05) is 30.3 Å². The molecule has 9 heteroatoms. The van der Waals surface area contributed by atoms with Crippen LogP contribution in [0.15, 0.2) is 58.4 Å². The molecule has 0 amide bonds. The molecule has 0 saturated heterocycles. The second kappa shape index (κ2) is 11.4. The van der Waals surface area contributed by atoms with E-state index in [1.807, 2.05) is 36.2 Å². The fourth-order valence-corrected chi connectivity index (χ4v) is 3.62. The molecule has 2 rings (SSSR count). The third-order valence-corrected chi connectivity index (χ3v) is 6.16. The van der Waals surface area contributed by atoms with Gasteiger partial charge in [-0.25, -0.2) is 12.7 Å². The van der Waals surface area contributed by atoms with Crippen molar-refractivity contribution in [2.45, 2.75) is 18.0 Å². The minimum atomic E-state index is -3.42. The number of methoxy groups -OCH3 is 1. The molecule has 0 radical (unpaired) electrons. The molecule has 0 aromatic heterocycles. The fourth-order valence-electron chi connectivity index (χ4n) is 2.72. The average molecular weight is 532 g/mol. The first-order chi connectivity index (χ1) is 13.3. The summed E-state index contributed by atoms with van der Waals surface area (Å²) in [5, 5.41) is 3.30. The van der Waals surface area contributed by atoms with Crippen molar-refractivity contribution in [1.29, 1.82) is 0 Å². The molecule has 0 aliphatic heterocycles. The summed E-state index contributed by atoms with van der Waals surface area (Å²) in [7, 11) is 4.97. The van der Waals surface area contributed by atoms with Gasteiger partial charge in [0, 0.05) is 46.8 Å². The molecule has 2 aromatic rings. The predicted molar refractivity (Wildman–Crippen MR) is 127 cm³/mol. The van der Waals surface area contributed by atoms with Crippen LogP contribution in [0.1, 0.15) is 11.1 Å². The van der Waals surface area contributed by atoms with Gasteiger partial charge in [-0.2, -0.15) is 0 Å². The number of benzene rings is 2. The Bertz CT molecular complexity index is 916. The minimum absolute atomic E-state index is 0. The third kappa shape index (κ3) is 6.58. The highest BCUT2D eigenvalue weighted by Crippen LogP contribution is 2.19. The molecule has 160 valence electrons. The van der Waals surface area contributed by atoms with Crippen molar-refractivity contribution in [3.8, 4) is 5.75 Å². The van der Waals surface area contributed by atoms with E-state index in [0.29, 0.717) is 13.1 Å². The summed E-state index contributed by atoms with van der Waals surface area (Å²) >= 11 is 0. The molecule has 29 heavy (non-hydrogen) atoms. The Kier molecular flexibility index (Phi) is 9.87. The van der Waals surface area contributed by atoms with Crippen LogP contribution >= 0.6 is 24.0 Å². The normalized spacial score (nSPS) is 11.7. The Morgan fingerprint density at radius 1 is 1.07 bits per heavy atom. The van der Waals surface area contributed by atoms with Crippen molar-refractivity contribution >= 4 is 40.0 Å². The lowest BCUT2D eigenvalue weighted by molar-refractivity contribution is 0.396. The van der Waals surface area contributed by atoms with E-state index in [9.17, 15) is 8.42 Å². The van der Waals surface area contributed by atoms with Gasteiger partial charge in [-0.3, -0.25) is 4.99 Å². The smallest absolute Gasteiger partial charge is 0.242 e. The van der Waals surface area contributed by atoms with E-state index in [-0.39, 0.29) is 28.9 Å². The van der Waals surface area contributed by atoms with Crippen molar-refractivity contribution in [3.63, 3.8) is 0 Å². The summed E-state index contributed by atoms with van der Waals surface area (Å²) in [4.78, 5) is 6.60. The van der Waals surface area contributed by atoms with E-state index in [4.69, 9.17) is 4.74 Å². The van der Waals surface area contributed by atoms with Crippen molar-refractivity contribution in [3.05, 3.63) is 59.7 Å². The maximum Gasteiger partial charge on any atom is 0.242 e. The van der Waals surface area contributed by atoms with Crippen molar-refractivity contribution in [2.24, 2.45) is 4.99 Å². The molecule has 2 aromatic carbocycles. The van der Waals surface area contributed by atoms with Crippen LogP contribution in [0.4, 0.5) is 0 Å². The molecular formula is C20H29IN4O3S. The molecule has 1 N–H and O–H groups in total. The van der Waals surface area contributed by atoms with Crippen LogP contribution < -0.4 is 10.1 Å². The fraction of sp³-hybridized carbons (Fsp3) is 0.350. The summed E-state index contributed by atoms with van der Waals surface area (Å²) < 4.78 is 30.9. The number of nitrogens with one attached hydrogen (secondary N) is 1. The minimum Gasteiger partial charge on any atom is -0.496 e. The molecule has 0 aliphatic rings. The number of aliphatic imine (C=N–C) groups is 1. The van der Waals surface area contributed by atoms with Crippen LogP contribution in [-0.4, -0.2) is 58.9 Å². The largest absolute Gasteiger partial charge is 0.496 e. The van der Waals surface area contributed by atoms with Gasteiger partial charge in [0.1, 0.15) is 5.75 Å². The molecule has 7 nitrogen and oxygen atoms in total. The molecule has 0 unspecified atom stereocenters. The average Bonchev–Trinajstić information content (AvgIpc) is 2.69. The lowest BCUT2D eigenvalue weighted by atomic mass is 10.2. The molecule has 0 fully saturated rings. The summed E-state index contributed by atoms with van der Waals surface area (Å²) in [5.74, 6) is 1.57. The Morgan fingerprint density at radius 3 is 2.24 bits per heavy atom. The number of rotatable bonds is 7. The van der Waals surface area contributed by atoms with E-state index in [1.54, 1.807) is 38.4 Å². The number of hydrogen-bond donors (Lipinski definition) is 1. The molecular weight excluding hydrogens is 503 g/mol. The quantitative estimate of drug-likeness (QED) is 0.338. The summed E-state index contributed by atoms with van der Waals surface area (Å²) in [6, 6.07) is 14.7. The lowest BCUT2D eigenvalue weighted by Crippen LogP contribution is -2.38. The van der Waals surface area contributed by atoms with Crippen LogP contribution in [0.3, 0.4) is 0 Å². The zero-order chi connectivity index (χ0) is 20.7. The maximum atomic E-state index is 12.1. The number of halogens is 1. The van der Waals surface area contributed by atoms with Gasteiger partial charge in [-0.05, 0) is 23.8 Å². The predicted octanol–water partition coefficient (Wildman–Crippen LogP) is 2.77. The Balaban J connectivity index is 0.00000420. The van der Waals surface area contributed by atoms with E-state index in [1.165, 1.54) is 18.4 Å². The molecule has 0 heterocycles. The van der Waals surface area contributed by atoms with Gasteiger partial charge in [0.2, 0.25) is 10.0 Å². The topological polar surface area (TPSA) is 74.2 Å². The first-order valence-electron chi connectivity index (χ1n) is 8.84. The SMILES string of the molecule is CN=C(NCc1ccc(S(=O)(=O)N(C)C)cc1)N(C)Cc1ccccc1OC.I. The van der Waals surface area contributed by atoms with E-state index in [2.05, 4.69) is 10.3 Å². The molecule has 0 atom stereocenters.